The van der Waals surface area contributed by atoms with Gasteiger partial charge in [-0.25, -0.2) is 0 Å². The second-order valence-electron chi connectivity index (χ2n) is 15.8. The first-order chi connectivity index (χ1) is 26.6. The minimum absolute atomic E-state index is 0.210. The van der Waals surface area contributed by atoms with E-state index in [1.54, 1.807) is 0 Å². The summed E-state index contributed by atoms with van der Waals surface area (Å²) in [6, 6.07) is -0.817. The molecule has 326 valence electrons. The van der Waals surface area contributed by atoms with Gasteiger partial charge in [0.15, 0.2) is 12.6 Å². The standard InChI is InChI=1S/C41H79NO13/c1-3-5-7-9-11-13-14-15-17-19-21-23-25-33(46)42-29(30(45)24-22-20-18-16-12-10-8-6-4-2)28-52-40-38(51)36(49)39(32(27-44)54-40)55-41-37(50)35(48)34(47)31(26-43)53-41/h29-32,34-41,43-45,47-51H,3-28H2,1-2H3,(H,42,46)/t29-,30+,31+,32+,34-,35?,36?,37?,38?,39+,40+,41-/m0/s1. The maximum Gasteiger partial charge on any atom is 0.220 e. The summed E-state index contributed by atoms with van der Waals surface area (Å²) >= 11 is 0. The lowest BCUT2D eigenvalue weighted by Crippen LogP contribution is -2.65. The van der Waals surface area contributed by atoms with Crippen LogP contribution in [0.25, 0.3) is 0 Å². The van der Waals surface area contributed by atoms with Gasteiger partial charge in [-0.05, 0) is 12.8 Å². The molecule has 1 amide bonds. The summed E-state index contributed by atoms with van der Waals surface area (Å²) in [5.74, 6) is -0.210. The van der Waals surface area contributed by atoms with Crippen LogP contribution in [0, 0.1) is 0 Å². The molecule has 14 nitrogen and oxygen atoms in total. The third kappa shape index (κ3) is 19.1. The molecule has 4 unspecified atom stereocenters. The molecule has 0 spiro atoms. The van der Waals surface area contributed by atoms with E-state index in [1.165, 1.54) is 83.5 Å². The highest BCUT2D eigenvalue weighted by atomic mass is 16.7. The van der Waals surface area contributed by atoms with Gasteiger partial charge in [0, 0.05) is 6.42 Å². The molecule has 12 atom stereocenters. The van der Waals surface area contributed by atoms with Crippen LogP contribution >= 0.6 is 0 Å². The molecule has 0 aromatic carbocycles. The van der Waals surface area contributed by atoms with E-state index in [1.807, 2.05) is 0 Å². The molecule has 2 aliphatic heterocycles. The highest BCUT2D eigenvalue weighted by molar-refractivity contribution is 5.76. The zero-order chi connectivity index (χ0) is 40.4. The number of hydrogen-bond donors (Lipinski definition) is 9. The molecule has 2 fully saturated rings. The van der Waals surface area contributed by atoms with E-state index in [0.29, 0.717) is 12.8 Å². The fourth-order valence-electron chi connectivity index (χ4n) is 7.41. The van der Waals surface area contributed by atoms with Gasteiger partial charge in [0.25, 0.3) is 0 Å². The summed E-state index contributed by atoms with van der Waals surface area (Å²) in [6.07, 6.45) is 8.43. The summed E-state index contributed by atoms with van der Waals surface area (Å²) in [5, 5.41) is 86.3. The first-order valence-electron chi connectivity index (χ1n) is 21.8. The van der Waals surface area contributed by atoms with Gasteiger partial charge in [-0.2, -0.15) is 0 Å². The van der Waals surface area contributed by atoms with Crippen molar-refractivity contribution in [2.24, 2.45) is 0 Å². The van der Waals surface area contributed by atoms with Crippen LogP contribution in [0.4, 0.5) is 0 Å². The van der Waals surface area contributed by atoms with Crippen LogP contribution in [0.2, 0.25) is 0 Å². The molecular formula is C41H79NO13. The molecule has 2 heterocycles. The Hall–Kier alpha value is -1.01. The molecule has 0 aromatic rings. The third-order valence-corrected chi connectivity index (χ3v) is 11.1. The number of aliphatic hydroxyl groups excluding tert-OH is 8. The number of hydrogen-bond acceptors (Lipinski definition) is 13. The number of nitrogens with one attached hydrogen (secondary N) is 1. The second kappa shape index (κ2) is 30.1. The van der Waals surface area contributed by atoms with Gasteiger partial charge in [-0.3, -0.25) is 4.79 Å². The van der Waals surface area contributed by atoms with Crippen molar-refractivity contribution in [3.8, 4) is 0 Å². The molecule has 0 saturated carbocycles. The predicted octanol–water partition coefficient (Wildman–Crippen LogP) is 3.48. The Labute approximate surface area is 330 Å². The van der Waals surface area contributed by atoms with Crippen LogP contribution in [0.3, 0.4) is 0 Å². The molecule has 9 N–H and O–H groups in total. The van der Waals surface area contributed by atoms with E-state index < -0.39 is 86.8 Å². The minimum atomic E-state index is -1.78. The number of carbonyl (C=O) groups is 1. The number of unbranched alkanes of at least 4 members (excludes halogenated alkanes) is 19. The number of carbonyl (C=O) groups excluding carboxylic acids is 1. The molecule has 2 aliphatic rings. The average molecular weight is 794 g/mol. The fraction of sp³-hybridized carbons (Fsp3) is 0.976. The van der Waals surface area contributed by atoms with Crippen molar-refractivity contribution in [2.45, 2.75) is 235 Å². The van der Waals surface area contributed by atoms with Crippen molar-refractivity contribution in [3.05, 3.63) is 0 Å². The van der Waals surface area contributed by atoms with Gasteiger partial charge in [0.1, 0.15) is 48.8 Å². The van der Waals surface area contributed by atoms with Gasteiger partial charge in [-0.15, -0.1) is 0 Å². The lowest BCUT2D eigenvalue weighted by molar-refractivity contribution is -0.359. The van der Waals surface area contributed by atoms with E-state index in [4.69, 9.17) is 18.9 Å². The highest BCUT2D eigenvalue weighted by Crippen LogP contribution is 2.30. The molecule has 0 aliphatic carbocycles. The lowest BCUT2D eigenvalue weighted by atomic mass is 9.97. The maximum atomic E-state index is 13.0. The Bertz CT molecular complexity index is 946. The molecule has 0 aromatic heterocycles. The predicted molar refractivity (Wildman–Crippen MR) is 208 cm³/mol. The van der Waals surface area contributed by atoms with E-state index >= 15 is 0 Å². The van der Waals surface area contributed by atoms with Crippen molar-refractivity contribution in [3.63, 3.8) is 0 Å². The minimum Gasteiger partial charge on any atom is -0.394 e. The summed E-state index contributed by atoms with van der Waals surface area (Å²) in [7, 11) is 0. The number of amides is 1. The fourth-order valence-corrected chi connectivity index (χ4v) is 7.41. The van der Waals surface area contributed by atoms with E-state index in [2.05, 4.69) is 19.2 Å². The van der Waals surface area contributed by atoms with E-state index in [9.17, 15) is 45.6 Å². The van der Waals surface area contributed by atoms with Crippen molar-refractivity contribution >= 4 is 5.91 Å². The molecule has 14 heteroatoms. The Morgan fingerprint density at radius 3 is 1.55 bits per heavy atom. The quantitative estimate of drug-likeness (QED) is 0.0445. The Morgan fingerprint density at radius 2 is 1.04 bits per heavy atom. The van der Waals surface area contributed by atoms with Crippen molar-refractivity contribution in [1.82, 2.24) is 5.32 Å². The lowest BCUT2D eigenvalue weighted by Gasteiger charge is -2.46. The van der Waals surface area contributed by atoms with Gasteiger partial charge < -0.3 is 65.1 Å². The molecule has 2 rings (SSSR count). The van der Waals surface area contributed by atoms with Gasteiger partial charge in [-0.1, -0.05) is 142 Å². The third-order valence-electron chi connectivity index (χ3n) is 11.1. The molecule has 55 heavy (non-hydrogen) atoms. The molecular weight excluding hydrogens is 714 g/mol. The van der Waals surface area contributed by atoms with Crippen LogP contribution in [0.5, 0.6) is 0 Å². The monoisotopic (exact) mass is 794 g/mol. The summed E-state index contributed by atoms with van der Waals surface area (Å²) in [4.78, 5) is 13.0. The first-order valence-corrected chi connectivity index (χ1v) is 21.8. The summed E-state index contributed by atoms with van der Waals surface area (Å²) in [6.45, 7) is 2.79. The number of aliphatic hydroxyl groups is 8. The zero-order valence-electron chi connectivity index (χ0n) is 33.9. The molecule has 0 radical (unpaired) electrons. The first kappa shape index (κ1) is 50.1. The SMILES string of the molecule is CCCCCCCCCCCCCCC(=O)N[C@@H](CO[C@@H]1O[C@H](CO)[C@@H](O[C@@H]2O[C@H](CO)[C@H](O)C(O)C2O)C(O)C1O)[C@H](O)CCCCCCCCCCC. The number of rotatable bonds is 32. The smallest absolute Gasteiger partial charge is 0.220 e. The van der Waals surface area contributed by atoms with Gasteiger partial charge >= 0.3 is 0 Å². The second-order valence-corrected chi connectivity index (χ2v) is 15.8. The van der Waals surface area contributed by atoms with E-state index in [-0.39, 0.29) is 12.5 Å². The summed E-state index contributed by atoms with van der Waals surface area (Å²) < 4.78 is 22.6. The van der Waals surface area contributed by atoms with Gasteiger partial charge in [0.05, 0.1) is 32.0 Å². The Kier molecular flexibility index (Phi) is 27.4. The average Bonchev–Trinajstić information content (AvgIpc) is 3.18. The topological polar surface area (TPSA) is 228 Å². The van der Waals surface area contributed by atoms with Crippen LogP contribution in [0.15, 0.2) is 0 Å². The summed E-state index contributed by atoms with van der Waals surface area (Å²) in [5.41, 5.74) is 0. The zero-order valence-corrected chi connectivity index (χ0v) is 33.9. The normalized spacial score (nSPS) is 29.6. The van der Waals surface area contributed by atoms with E-state index in [0.717, 1.165) is 51.4 Å². The van der Waals surface area contributed by atoms with Crippen molar-refractivity contribution in [1.29, 1.82) is 0 Å². The van der Waals surface area contributed by atoms with Crippen LogP contribution in [-0.2, 0) is 23.7 Å². The largest absolute Gasteiger partial charge is 0.394 e. The highest BCUT2D eigenvalue weighted by Gasteiger charge is 2.51. The van der Waals surface area contributed by atoms with Crippen molar-refractivity contribution in [2.75, 3.05) is 19.8 Å². The molecule has 0 bridgehead atoms. The molecule has 2 saturated heterocycles. The van der Waals surface area contributed by atoms with Crippen LogP contribution in [-0.4, -0.2) is 140 Å². The number of ether oxygens (including phenoxy) is 4. The Balaban J connectivity index is 1.90. The van der Waals surface area contributed by atoms with Crippen molar-refractivity contribution < 1.29 is 64.6 Å². The van der Waals surface area contributed by atoms with Crippen LogP contribution < -0.4 is 5.32 Å². The maximum absolute atomic E-state index is 13.0. The Morgan fingerprint density at radius 1 is 0.582 bits per heavy atom. The van der Waals surface area contributed by atoms with Gasteiger partial charge in [0.2, 0.25) is 5.91 Å². The van der Waals surface area contributed by atoms with Crippen LogP contribution in [0.1, 0.15) is 162 Å².